The molecule has 2 N–H and O–H groups in total. The Morgan fingerprint density at radius 2 is 1.68 bits per heavy atom. The molecule has 2 aromatic heterocycles. The quantitative estimate of drug-likeness (QED) is 0.221. The second kappa shape index (κ2) is 14.0. The molecule has 14 nitrogen and oxygen atoms in total. The minimum absolute atomic E-state index is 0.0462. The van der Waals surface area contributed by atoms with Gasteiger partial charge in [0.2, 0.25) is 11.8 Å². The first-order valence-corrected chi connectivity index (χ1v) is 21.4. The van der Waals surface area contributed by atoms with Gasteiger partial charge in [-0.05, 0) is 100 Å². The van der Waals surface area contributed by atoms with Crippen molar-refractivity contribution in [2.24, 2.45) is 5.41 Å². The van der Waals surface area contributed by atoms with E-state index in [4.69, 9.17) is 9.47 Å². The molecular weight excluding hydrogens is 754 g/mol. The van der Waals surface area contributed by atoms with E-state index in [1.807, 2.05) is 12.1 Å². The van der Waals surface area contributed by atoms with Gasteiger partial charge in [0, 0.05) is 74.3 Å². The topological polar surface area (TPSA) is 149 Å². The van der Waals surface area contributed by atoms with Crippen LogP contribution in [0.25, 0.3) is 22.3 Å². The van der Waals surface area contributed by atoms with Crippen LogP contribution < -0.4 is 19.9 Å². The van der Waals surface area contributed by atoms with Gasteiger partial charge in [-0.1, -0.05) is 0 Å². The fraction of sp³-hybridized carbons (Fsp3) is 0.545. The summed E-state index contributed by atoms with van der Waals surface area (Å²) in [5.74, 6) is 0.235. The highest BCUT2D eigenvalue weighted by Gasteiger charge is 2.50. The van der Waals surface area contributed by atoms with Crippen LogP contribution in [0.4, 0.5) is 15.9 Å². The Hall–Kier alpha value is -5.15. The van der Waals surface area contributed by atoms with Crippen LogP contribution in [0.1, 0.15) is 87.1 Å². The van der Waals surface area contributed by atoms with E-state index in [9.17, 15) is 14.4 Å². The number of imide groups is 1. The number of H-pyrrole nitrogens is 1. The largest absolute Gasteiger partial charge is 0.488 e. The zero-order chi connectivity index (χ0) is 40.0. The maximum absolute atomic E-state index is 16.0. The number of likely N-dealkylation sites (tertiary alicyclic amines) is 1. The Labute approximate surface area is 341 Å². The maximum atomic E-state index is 16.0. The van der Waals surface area contributed by atoms with Crippen molar-refractivity contribution in [2.45, 2.75) is 108 Å². The summed E-state index contributed by atoms with van der Waals surface area (Å²) in [7, 11) is 0. The van der Waals surface area contributed by atoms with Gasteiger partial charge in [0.25, 0.3) is 5.91 Å². The summed E-state index contributed by atoms with van der Waals surface area (Å²) in [5.41, 5.74) is 3.99. The first-order chi connectivity index (χ1) is 28.6. The van der Waals surface area contributed by atoms with E-state index in [0.717, 1.165) is 124 Å². The fourth-order valence-electron chi connectivity index (χ4n) is 10.4. The molecule has 2 aromatic carbocycles. The van der Waals surface area contributed by atoms with Crippen molar-refractivity contribution in [2.75, 3.05) is 49.1 Å². The van der Waals surface area contributed by atoms with E-state index in [2.05, 4.69) is 59.2 Å². The van der Waals surface area contributed by atoms with Crippen molar-refractivity contribution in [1.29, 1.82) is 0 Å². The third-order valence-corrected chi connectivity index (χ3v) is 14.4. The highest BCUT2D eigenvalue weighted by molar-refractivity contribution is 6.05. The second-order valence-electron chi connectivity index (χ2n) is 18.4. The Balaban J connectivity index is 0.631. The molecule has 7 aliphatic rings. The Kier molecular flexibility index (Phi) is 8.74. The number of hydrogen-bond acceptors (Lipinski definition) is 11. The number of piperidine rings is 3. The number of hydrogen-bond donors (Lipinski definition) is 2. The molecule has 0 bridgehead atoms. The molecule has 1 spiro atoms. The SMILES string of the molecule is CC1(Oc2ccc3n[nH]c(-c4cc(N5CCC(O[C@H]6C[C@H](N7CC8(CCN(c9ccc%10c(c9F)CN(C9CCC(=O)NC9=O)C%10=O)CC8)C7)C6)CC5)ncn4)c3c2)CC1. The van der Waals surface area contributed by atoms with Crippen molar-refractivity contribution in [3.8, 4) is 17.1 Å². The van der Waals surface area contributed by atoms with Crippen LogP contribution in [0.15, 0.2) is 42.7 Å². The number of anilines is 2. The number of rotatable bonds is 9. The predicted molar refractivity (Wildman–Crippen MR) is 216 cm³/mol. The van der Waals surface area contributed by atoms with E-state index in [1.165, 1.54) is 4.90 Å². The summed E-state index contributed by atoms with van der Waals surface area (Å²) in [6, 6.07) is 11.3. The standard InChI is InChI=1S/C44H50FN9O5/c1-43(10-11-43)59-28-2-4-33-31(20-28)40(50-49-33)34-21-37(47-25-46-34)52-14-8-27(9-15-52)58-29-18-26(19-29)53-23-44(24-53)12-16-51(17-13-44)35-5-3-30-32(39(35)45)22-54(42(30)57)36-6-7-38(55)48-41(36)56/h2-5,20-21,25-27,29,36H,6-19,22-24H2,1H3,(H,49,50)(H,48,55,56)/t26-,29-,36?. The van der Waals surface area contributed by atoms with Gasteiger partial charge >= 0.3 is 0 Å². The van der Waals surface area contributed by atoms with E-state index in [0.29, 0.717) is 29.0 Å². The Bertz CT molecular complexity index is 2340. The molecule has 5 aliphatic heterocycles. The molecule has 3 amide bonds. The molecule has 2 aliphatic carbocycles. The molecule has 4 saturated heterocycles. The number of nitrogens with zero attached hydrogens (tertiary/aromatic N) is 7. The summed E-state index contributed by atoms with van der Waals surface area (Å²) in [5, 5.41) is 11.0. The van der Waals surface area contributed by atoms with E-state index in [-0.39, 0.29) is 54.1 Å². The van der Waals surface area contributed by atoms with Crippen molar-refractivity contribution < 1.29 is 28.2 Å². The second-order valence-corrected chi connectivity index (χ2v) is 18.4. The van der Waals surface area contributed by atoms with Gasteiger partial charge in [-0.15, -0.1) is 0 Å². The third-order valence-electron chi connectivity index (χ3n) is 14.4. The van der Waals surface area contributed by atoms with Crippen LogP contribution in [0.2, 0.25) is 0 Å². The van der Waals surface area contributed by atoms with Crippen molar-refractivity contribution >= 4 is 40.1 Å². The fourth-order valence-corrected chi connectivity index (χ4v) is 10.4. The normalized spacial score (nSPS) is 26.5. The molecule has 59 heavy (non-hydrogen) atoms. The van der Waals surface area contributed by atoms with E-state index < -0.39 is 11.9 Å². The molecule has 15 heteroatoms. The number of halogens is 1. The molecule has 6 fully saturated rings. The van der Waals surface area contributed by atoms with Crippen LogP contribution in [0, 0.1) is 11.2 Å². The molecule has 308 valence electrons. The highest BCUT2D eigenvalue weighted by Crippen LogP contribution is 2.47. The van der Waals surface area contributed by atoms with Crippen molar-refractivity contribution in [3.63, 3.8) is 0 Å². The Morgan fingerprint density at radius 3 is 2.44 bits per heavy atom. The summed E-state index contributed by atoms with van der Waals surface area (Å²) < 4.78 is 28.8. The molecule has 1 atom stereocenters. The lowest BCUT2D eigenvalue weighted by Crippen LogP contribution is -2.66. The predicted octanol–water partition coefficient (Wildman–Crippen LogP) is 4.97. The van der Waals surface area contributed by atoms with Gasteiger partial charge < -0.3 is 24.2 Å². The van der Waals surface area contributed by atoms with Gasteiger partial charge in [0.1, 0.15) is 29.5 Å². The number of nitrogens with one attached hydrogen (secondary N) is 2. The van der Waals surface area contributed by atoms with Crippen LogP contribution >= 0.6 is 0 Å². The number of ether oxygens (including phenoxy) is 2. The maximum Gasteiger partial charge on any atom is 0.255 e. The zero-order valence-corrected chi connectivity index (χ0v) is 33.4. The summed E-state index contributed by atoms with van der Waals surface area (Å²) in [4.78, 5) is 55.0. The summed E-state index contributed by atoms with van der Waals surface area (Å²) >= 11 is 0. The van der Waals surface area contributed by atoms with Crippen molar-refractivity contribution in [3.05, 3.63) is 59.7 Å². The average molecular weight is 804 g/mol. The average Bonchev–Trinajstić information content (AvgIpc) is 3.63. The van der Waals surface area contributed by atoms with Crippen LogP contribution in [-0.2, 0) is 20.9 Å². The lowest BCUT2D eigenvalue weighted by atomic mass is 9.69. The molecule has 7 heterocycles. The minimum atomic E-state index is -0.755. The monoisotopic (exact) mass is 803 g/mol. The lowest BCUT2D eigenvalue weighted by molar-refractivity contribution is -0.137. The van der Waals surface area contributed by atoms with Gasteiger partial charge in [0.15, 0.2) is 5.82 Å². The van der Waals surface area contributed by atoms with Crippen LogP contribution in [0.5, 0.6) is 5.75 Å². The molecule has 4 aromatic rings. The molecular formula is C44H50FN9O5. The molecule has 1 unspecified atom stereocenters. The summed E-state index contributed by atoms with van der Waals surface area (Å²) in [6.45, 7) is 7.69. The first-order valence-electron chi connectivity index (χ1n) is 21.4. The first kappa shape index (κ1) is 36.9. The molecule has 11 rings (SSSR count). The third kappa shape index (κ3) is 6.70. The van der Waals surface area contributed by atoms with Crippen LogP contribution in [0.3, 0.4) is 0 Å². The lowest BCUT2D eigenvalue weighted by Gasteiger charge is -2.59. The Morgan fingerprint density at radius 1 is 0.881 bits per heavy atom. The van der Waals surface area contributed by atoms with E-state index >= 15 is 4.39 Å². The van der Waals surface area contributed by atoms with Gasteiger partial charge in [-0.3, -0.25) is 29.7 Å². The molecule has 0 radical (unpaired) electrons. The smallest absolute Gasteiger partial charge is 0.255 e. The number of carbonyl (C=O) groups excluding carboxylic acids is 3. The van der Waals surface area contributed by atoms with Gasteiger partial charge in [-0.2, -0.15) is 5.10 Å². The number of aromatic amines is 1. The number of amides is 3. The number of aromatic nitrogens is 4. The van der Waals surface area contributed by atoms with E-state index in [1.54, 1.807) is 18.5 Å². The minimum Gasteiger partial charge on any atom is -0.488 e. The highest BCUT2D eigenvalue weighted by atomic mass is 19.1. The van der Waals surface area contributed by atoms with Gasteiger partial charge in [0.05, 0.1) is 41.3 Å². The zero-order valence-electron chi connectivity index (χ0n) is 33.4. The summed E-state index contributed by atoms with van der Waals surface area (Å²) in [6.07, 6.45) is 10.9. The number of benzene rings is 2. The number of fused-ring (bicyclic) bond motifs is 2. The van der Waals surface area contributed by atoms with Crippen molar-refractivity contribution in [1.82, 2.24) is 35.3 Å². The van der Waals surface area contributed by atoms with Gasteiger partial charge in [-0.25, -0.2) is 14.4 Å². The molecule has 2 saturated carbocycles. The van der Waals surface area contributed by atoms with Crippen LogP contribution in [-0.4, -0.2) is 117 Å². The number of carbonyl (C=O) groups is 3.